The molecule has 0 fully saturated rings. The van der Waals surface area contributed by atoms with E-state index in [4.69, 9.17) is 5.26 Å². The van der Waals surface area contributed by atoms with E-state index in [0.29, 0.717) is 5.56 Å². The lowest BCUT2D eigenvalue weighted by Crippen LogP contribution is -2.25. The molecule has 2 rings (SSSR count). The fourth-order valence-electron chi connectivity index (χ4n) is 1.77. The Morgan fingerprint density at radius 2 is 1.81 bits per heavy atom. The van der Waals surface area contributed by atoms with Crippen molar-refractivity contribution in [2.45, 2.75) is 6.04 Å². The van der Waals surface area contributed by atoms with E-state index < -0.39 is 6.04 Å². The summed E-state index contributed by atoms with van der Waals surface area (Å²) in [6.45, 7) is 0. The van der Waals surface area contributed by atoms with Crippen LogP contribution in [0.25, 0.3) is 6.08 Å². The number of nitrogens with zero attached hydrogens (tertiary/aromatic N) is 1. The molecule has 2 aromatic carbocycles. The van der Waals surface area contributed by atoms with Gasteiger partial charge in [-0.05, 0) is 29.3 Å². The smallest absolute Gasteiger partial charge is 0.245 e. The van der Waals surface area contributed by atoms with Crippen LogP contribution in [-0.4, -0.2) is 5.91 Å². The Hall–Kier alpha value is -2.93. The molecule has 0 unspecified atom stereocenters. The van der Waals surface area contributed by atoms with Gasteiger partial charge in [-0.3, -0.25) is 4.79 Å². The molecule has 1 N–H and O–H groups in total. The fraction of sp³-hybridized carbons (Fsp3) is 0.0588. The van der Waals surface area contributed by atoms with Crippen molar-refractivity contribution in [3.63, 3.8) is 0 Å². The van der Waals surface area contributed by atoms with Gasteiger partial charge in [0.25, 0.3) is 0 Å². The third-order valence-electron chi connectivity index (χ3n) is 2.85. The zero-order valence-electron chi connectivity index (χ0n) is 11.2. The van der Waals surface area contributed by atoms with Crippen molar-refractivity contribution in [3.8, 4) is 6.07 Å². The Balaban J connectivity index is 2.02. The van der Waals surface area contributed by atoms with E-state index in [-0.39, 0.29) is 11.7 Å². The average molecular weight is 280 g/mol. The largest absolute Gasteiger partial charge is 0.333 e. The lowest BCUT2D eigenvalue weighted by Gasteiger charge is -2.10. The minimum Gasteiger partial charge on any atom is -0.333 e. The molecule has 0 heterocycles. The second-order valence-corrected chi connectivity index (χ2v) is 4.37. The predicted molar refractivity (Wildman–Crippen MR) is 78.4 cm³/mol. The highest BCUT2D eigenvalue weighted by atomic mass is 19.1. The summed E-state index contributed by atoms with van der Waals surface area (Å²) < 4.78 is 12.8. The zero-order chi connectivity index (χ0) is 15.1. The topological polar surface area (TPSA) is 52.9 Å². The van der Waals surface area contributed by atoms with Crippen molar-refractivity contribution in [1.82, 2.24) is 5.32 Å². The van der Waals surface area contributed by atoms with E-state index in [0.717, 1.165) is 5.56 Å². The fourth-order valence-corrected chi connectivity index (χ4v) is 1.77. The van der Waals surface area contributed by atoms with Crippen LogP contribution in [0.4, 0.5) is 4.39 Å². The van der Waals surface area contributed by atoms with Crippen molar-refractivity contribution in [1.29, 1.82) is 5.26 Å². The highest BCUT2D eigenvalue weighted by Crippen LogP contribution is 2.12. The summed E-state index contributed by atoms with van der Waals surface area (Å²) in [5.74, 6) is -0.763. The minimum atomic E-state index is -0.807. The molecular formula is C17H13FN2O. The summed E-state index contributed by atoms with van der Waals surface area (Å²) in [6.07, 6.45) is 3.03. The Labute approximate surface area is 122 Å². The highest BCUT2D eigenvalue weighted by molar-refractivity contribution is 5.92. The normalized spacial score (nSPS) is 11.8. The molecule has 0 aliphatic heterocycles. The molecule has 0 saturated heterocycles. The lowest BCUT2D eigenvalue weighted by atomic mass is 10.1. The maximum absolute atomic E-state index is 12.8. The molecule has 0 saturated carbocycles. The second-order valence-electron chi connectivity index (χ2n) is 4.37. The van der Waals surface area contributed by atoms with Crippen LogP contribution >= 0.6 is 0 Å². The van der Waals surface area contributed by atoms with Gasteiger partial charge in [0.1, 0.15) is 11.9 Å². The molecule has 0 bridgehead atoms. The first-order valence-corrected chi connectivity index (χ1v) is 6.38. The van der Waals surface area contributed by atoms with Crippen LogP contribution in [0.2, 0.25) is 0 Å². The summed E-state index contributed by atoms with van der Waals surface area (Å²) in [7, 11) is 0. The molecule has 104 valence electrons. The summed E-state index contributed by atoms with van der Waals surface area (Å²) in [4.78, 5) is 11.8. The number of hydrogen-bond donors (Lipinski definition) is 1. The van der Waals surface area contributed by atoms with Crippen LogP contribution in [0.1, 0.15) is 17.2 Å². The van der Waals surface area contributed by atoms with Crippen LogP contribution in [0.3, 0.4) is 0 Å². The van der Waals surface area contributed by atoms with Gasteiger partial charge in [-0.15, -0.1) is 0 Å². The van der Waals surface area contributed by atoms with E-state index in [9.17, 15) is 9.18 Å². The maximum atomic E-state index is 12.8. The Kier molecular flexibility index (Phi) is 4.84. The number of nitriles is 1. The Morgan fingerprint density at radius 3 is 2.43 bits per heavy atom. The third kappa shape index (κ3) is 4.29. The molecule has 0 spiro atoms. The second kappa shape index (κ2) is 7.01. The van der Waals surface area contributed by atoms with Crippen LogP contribution in [0, 0.1) is 17.1 Å². The van der Waals surface area contributed by atoms with Gasteiger partial charge in [-0.25, -0.2) is 4.39 Å². The molecule has 0 radical (unpaired) electrons. The summed E-state index contributed by atoms with van der Waals surface area (Å²) in [5, 5.41) is 11.7. The van der Waals surface area contributed by atoms with E-state index in [1.807, 2.05) is 36.4 Å². The Morgan fingerprint density at radius 1 is 1.14 bits per heavy atom. The van der Waals surface area contributed by atoms with Crippen LogP contribution < -0.4 is 5.32 Å². The first-order valence-electron chi connectivity index (χ1n) is 6.38. The van der Waals surface area contributed by atoms with E-state index >= 15 is 0 Å². The molecule has 3 nitrogen and oxygen atoms in total. The number of hydrogen-bond acceptors (Lipinski definition) is 2. The summed E-state index contributed by atoms with van der Waals surface area (Å²) >= 11 is 0. The number of benzene rings is 2. The van der Waals surface area contributed by atoms with Crippen LogP contribution in [-0.2, 0) is 4.79 Å². The van der Waals surface area contributed by atoms with E-state index in [2.05, 4.69) is 5.32 Å². The first kappa shape index (κ1) is 14.5. The van der Waals surface area contributed by atoms with Crippen molar-refractivity contribution in [2.75, 3.05) is 0 Å². The van der Waals surface area contributed by atoms with Gasteiger partial charge in [0.2, 0.25) is 5.91 Å². The number of carbonyl (C=O) groups is 1. The summed E-state index contributed by atoms with van der Waals surface area (Å²) in [6, 6.07) is 16.0. The van der Waals surface area contributed by atoms with Crippen molar-refractivity contribution < 1.29 is 9.18 Å². The minimum absolute atomic E-state index is 0.380. The van der Waals surface area contributed by atoms with Gasteiger partial charge in [0, 0.05) is 6.08 Å². The molecular weight excluding hydrogens is 267 g/mol. The van der Waals surface area contributed by atoms with Crippen molar-refractivity contribution >= 4 is 12.0 Å². The Bertz CT molecular complexity index is 672. The maximum Gasteiger partial charge on any atom is 0.245 e. The van der Waals surface area contributed by atoms with Gasteiger partial charge < -0.3 is 5.32 Å². The van der Waals surface area contributed by atoms with E-state index in [1.165, 1.54) is 30.3 Å². The SMILES string of the molecule is N#C[C@H](NC(=O)/C=C/c1ccccc1)c1ccc(F)cc1. The third-order valence-corrected chi connectivity index (χ3v) is 2.85. The average Bonchev–Trinajstić information content (AvgIpc) is 2.52. The molecule has 2 aromatic rings. The van der Waals surface area contributed by atoms with E-state index in [1.54, 1.807) is 6.08 Å². The first-order chi connectivity index (χ1) is 10.2. The zero-order valence-corrected chi connectivity index (χ0v) is 11.2. The molecule has 1 atom stereocenters. The number of amides is 1. The van der Waals surface area contributed by atoms with Crippen LogP contribution in [0.15, 0.2) is 60.7 Å². The number of carbonyl (C=O) groups excluding carboxylic acids is 1. The molecule has 0 aliphatic carbocycles. The monoisotopic (exact) mass is 280 g/mol. The van der Waals surface area contributed by atoms with Crippen molar-refractivity contribution in [3.05, 3.63) is 77.6 Å². The van der Waals surface area contributed by atoms with Gasteiger partial charge >= 0.3 is 0 Å². The van der Waals surface area contributed by atoms with Gasteiger partial charge in [0.05, 0.1) is 6.07 Å². The number of rotatable bonds is 4. The van der Waals surface area contributed by atoms with Gasteiger partial charge in [-0.1, -0.05) is 42.5 Å². The standard InChI is InChI=1S/C17H13FN2O/c18-15-9-7-14(8-10-15)16(12-19)20-17(21)11-6-13-4-2-1-3-5-13/h1-11,16H,(H,20,21)/b11-6+/t16-/m0/s1. The quantitative estimate of drug-likeness (QED) is 0.874. The van der Waals surface area contributed by atoms with Gasteiger partial charge in [0.15, 0.2) is 0 Å². The molecule has 21 heavy (non-hydrogen) atoms. The number of nitrogens with one attached hydrogen (secondary N) is 1. The van der Waals surface area contributed by atoms with Crippen molar-refractivity contribution in [2.24, 2.45) is 0 Å². The summed E-state index contributed by atoms with van der Waals surface area (Å²) in [5.41, 5.74) is 1.43. The molecule has 1 amide bonds. The molecule has 0 aromatic heterocycles. The number of halogens is 1. The predicted octanol–water partition coefficient (Wildman–Crippen LogP) is 3.22. The molecule has 4 heteroatoms. The van der Waals surface area contributed by atoms with Crippen LogP contribution in [0.5, 0.6) is 0 Å². The molecule has 0 aliphatic rings. The lowest BCUT2D eigenvalue weighted by molar-refractivity contribution is -0.116. The highest BCUT2D eigenvalue weighted by Gasteiger charge is 2.12. The van der Waals surface area contributed by atoms with Gasteiger partial charge in [-0.2, -0.15) is 5.26 Å².